The normalized spacial score (nSPS) is 14.6. The highest BCUT2D eigenvalue weighted by Crippen LogP contribution is 2.29. The summed E-state index contributed by atoms with van der Waals surface area (Å²) in [6, 6.07) is 14.2. The summed E-state index contributed by atoms with van der Waals surface area (Å²) in [5, 5.41) is 3.03. The van der Waals surface area contributed by atoms with Gasteiger partial charge in [-0.05, 0) is 50.5 Å². The molecule has 2 aromatic rings. The zero-order chi connectivity index (χ0) is 18.5. The molecule has 0 bridgehead atoms. The average Bonchev–Trinajstić information content (AvgIpc) is 3.46. The Kier molecular flexibility index (Phi) is 5.76. The molecule has 3 rings (SSSR count). The van der Waals surface area contributed by atoms with Crippen LogP contribution in [-0.2, 0) is 6.54 Å². The van der Waals surface area contributed by atoms with Gasteiger partial charge in [0, 0.05) is 11.6 Å². The lowest BCUT2D eigenvalue weighted by molar-refractivity contribution is 0.188. The van der Waals surface area contributed by atoms with E-state index >= 15 is 0 Å². The lowest BCUT2D eigenvalue weighted by Crippen LogP contribution is -2.42. The quantitative estimate of drug-likeness (QED) is 0.784. The number of hydrogen-bond donors (Lipinski definition) is 1. The summed E-state index contributed by atoms with van der Waals surface area (Å²) in [7, 11) is 0. The topological polar surface area (TPSA) is 41.6 Å². The summed E-state index contributed by atoms with van der Waals surface area (Å²) in [6.07, 6.45) is 1.94. The molecular weight excluding hydrogens is 331 g/mol. The Bertz CT molecular complexity index is 744. The summed E-state index contributed by atoms with van der Waals surface area (Å²) in [5.41, 5.74) is 1.55. The lowest BCUT2D eigenvalue weighted by Gasteiger charge is -2.25. The summed E-state index contributed by atoms with van der Waals surface area (Å²) >= 11 is 0. The molecule has 2 aromatic carbocycles. The van der Waals surface area contributed by atoms with Crippen LogP contribution in [0.25, 0.3) is 0 Å². The number of nitrogens with one attached hydrogen (secondary N) is 1. The maximum absolute atomic E-state index is 14.0. The van der Waals surface area contributed by atoms with Gasteiger partial charge in [-0.2, -0.15) is 0 Å². The minimum atomic E-state index is -0.273. The first-order valence-corrected chi connectivity index (χ1v) is 9.11. The predicted molar refractivity (Wildman–Crippen MR) is 99.5 cm³/mol. The molecule has 0 heterocycles. The molecule has 5 heteroatoms. The number of amides is 2. The van der Waals surface area contributed by atoms with Crippen LogP contribution < -0.4 is 10.1 Å². The first-order valence-electron chi connectivity index (χ1n) is 9.11. The van der Waals surface area contributed by atoms with Crippen LogP contribution in [0.2, 0.25) is 0 Å². The molecule has 1 unspecified atom stereocenters. The van der Waals surface area contributed by atoms with Crippen molar-refractivity contribution in [2.24, 2.45) is 0 Å². The fraction of sp³-hybridized carbons (Fsp3) is 0.381. The van der Waals surface area contributed by atoms with Gasteiger partial charge in [0.25, 0.3) is 0 Å². The molecule has 26 heavy (non-hydrogen) atoms. The number of halogens is 1. The van der Waals surface area contributed by atoms with Crippen molar-refractivity contribution < 1.29 is 13.9 Å². The number of hydrogen-bond acceptors (Lipinski definition) is 2. The molecule has 0 aromatic heterocycles. The summed E-state index contributed by atoms with van der Waals surface area (Å²) in [5.74, 6) is 0.541. The van der Waals surface area contributed by atoms with Crippen LogP contribution in [0.3, 0.4) is 0 Å². The highest BCUT2D eigenvalue weighted by atomic mass is 19.1. The van der Waals surface area contributed by atoms with Crippen molar-refractivity contribution in [3.8, 4) is 5.75 Å². The fourth-order valence-corrected chi connectivity index (χ4v) is 2.93. The van der Waals surface area contributed by atoms with Gasteiger partial charge in [0.05, 0.1) is 19.2 Å². The van der Waals surface area contributed by atoms with Crippen LogP contribution in [0.4, 0.5) is 9.18 Å². The predicted octanol–water partition coefficient (Wildman–Crippen LogP) is 4.66. The Hall–Kier alpha value is -2.56. The minimum absolute atomic E-state index is 0.139. The Labute approximate surface area is 154 Å². The van der Waals surface area contributed by atoms with Crippen LogP contribution >= 0.6 is 0 Å². The largest absolute Gasteiger partial charge is 0.494 e. The standard InChI is InChI=1S/C21H25FN2O2/c1-3-26-19-12-8-16(9-13-19)15(2)23-21(25)24(18-10-11-18)14-17-6-4-5-7-20(17)22/h4-9,12-13,15,18H,3,10-11,14H2,1-2H3,(H,23,25). The first kappa shape index (κ1) is 18.2. The fourth-order valence-electron chi connectivity index (χ4n) is 2.93. The van der Waals surface area contributed by atoms with E-state index in [1.165, 1.54) is 6.07 Å². The van der Waals surface area contributed by atoms with E-state index in [9.17, 15) is 9.18 Å². The Morgan fingerprint density at radius 1 is 1.23 bits per heavy atom. The van der Waals surface area contributed by atoms with E-state index in [0.29, 0.717) is 18.7 Å². The van der Waals surface area contributed by atoms with Gasteiger partial charge < -0.3 is 15.0 Å². The zero-order valence-corrected chi connectivity index (χ0v) is 15.2. The molecule has 0 aliphatic heterocycles. The van der Waals surface area contributed by atoms with Gasteiger partial charge in [0.15, 0.2) is 0 Å². The van der Waals surface area contributed by atoms with Crippen molar-refractivity contribution in [2.75, 3.05) is 6.61 Å². The zero-order valence-electron chi connectivity index (χ0n) is 15.2. The molecule has 0 spiro atoms. The smallest absolute Gasteiger partial charge is 0.318 e. The van der Waals surface area contributed by atoms with Crippen molar-refractivity contribution in [1.29, 1.82) is 0 Å². The number of benzene rings is 2. The Balaban J connectivity index is 1.65. The monoisotopic (exact) mass is 356 g/mol. The van der Waals surface area contributed by atoms with Gasteiger partial charge in [-0.1, -0.05) is 30.3 Å². The molecule has 1 saturated carbocycles. The van der Waals surface area contributed by atoms with Gasteiger partial charge in [-0.3, -0.25) is 0 Å². The van der Waals surface area contributed by atoms with Crippen LogP contribution in [-0.4, -0.2) is 23.6 Å². The van der Waals surface area contributed by atoms with Gasteiger partial charge in [-0.25, -0.2) is 9.18 Å². The molecule has 0 saturated heterocycles. The van der Waals surface area contributed by atoms with Crippen molar-refractivity contribution in [2.45, 2.75) is 45.3 Å². The van der Waals surface area contributed by atoms with Crippen molar-refractivity contribution in [3.63, 3.8) is 0 Å². The van der Waals surface area contributed by atoms with Crippen molar-refractivity contribution in [3.05, 3.63) is 65.5 Å². The second kappa shape index (κ2) is 8.21. The molecule has 1 aliphatic rings. The molecular formula is C21H25FN2O2. The van der Waals surface area contributed by atoms with E-state index in [-0.39, 0.29) is 23.9 Å². The highest BCUT2D eigenvalue weighted by Gasteiger charge is 2.33. The number of nitrogens with zero attached hydrogens (tertiary/aromatic N) is 1. The van der Waals surface area contributed by atoms with E-state index in [1.807, 2.05) is 38.1 Å². The van der Waals surface area contributed by atoms with E-state index in [0.717, 1.165) is 24.2 Å². The SMILES string of the molecule is CCOc1ccc(C(C)NC(=O)N(Cc2ccccc2F)C2CC2)cc1. The van der Waals surface area contributed by atoms with Crippen LogP contribution in [0.15, 0.2) is 48.5 Å². The Morgan fingerprint density at radius 3 is 2.54 bits per heavy atom. The van der Waals surface area contributed by atoms with Gasteiger partial charge in [-0.15, -0.1) is 0 Å². The minimum Gasteiger partial charge on any atom is -0.494 e. The van der Waals surface area contributed by atoms with E-state index in [4.69, 9.17) is 4.74 Å². The van der Waals surface area contributed by atoms with Crippen LogP contribution in [0, 0.1) is 5.82 Å². The average molecular weight is 356 g/mol. The molecule has 1 fully saturated rings. The van der Waals surface area contributed by atoms with Gasteiger partial charge in [0.2, 0.25) is 0 Å². The van der Waals surface area contributed by atoms with E-state index in [1.54, 1.807) is 23.1 Å². The number of carbonyl (C=O) groups excluding carboxylic acids is 1. The van der Waals surface area contributed by atoms with E-state index < -0.39 is 0 Å². The summed E-state index contributed by atoms with van der Waals surface area (Å²) in [4.78, 5) is 14.5. The lowest BCUT2D eigenvalue weighted by atomic mass is 10.1. The van der Waals surface area contributed by atoms with E-state index in [2.05, 4.69) is 5.32 Å². The molecule has 0 radical (unpaired) electrons. The Morgan fingerprint density at radius 2 is 1.92 bits per heavy atom. The summed E-state index contributed by atoms with van der Waals surface area (Å²) in [6.45, 7) is 4.80. The third-order valence-electron chi connectivity index (χ3n) is 4.58. The summed E-state index contributed by atoms with van der Waals surface area (Å²) < 4.78 is 19.4. The highest BCUT2D eigenvalue weighted by molar-refractivity contribution is 5.75. The number of rotatable bonds is 7. The molecule has 2 amide bonds. The van der Waals surface area contributed by atoms with Gasteiger partial charge in [0.1, 0.15) is 11.6 Å². The number of ether oxygens (including phenoxy) is 1. The third kappa shape index (κ3) is 4.54. The maximum atomic E-state index is 14.0. The molecule has 138 valence electrons. The number of carbonyl (C=O) groups is 1. The first-order chi connectivity index (χ1) is 12.6. The number of urea groups is 1. The molecule has 1 N–H and O–H groups in total. The molecule has 4 nitrogen and oxygen atoms in total. The van der Waals surface area contributed by atoms with Crippen molar-refractivity contribution in [1.82, 2.24) is 10.2 Å². The second-order valence-corrected chi connectivity index (χ2v) is 6.62. The second-order valence-electron chi connectivity index (χ2n) is 6.62. The van der Waals surface area contributed by atoms with Crippen molar-refractivity contribution >= 4 is 6.03 Å². The van der Waals surface area contributed by atoms with Gasteiger partial charge >= 0.3 is 6.03 Å². The van der Waals surface area contributed by atoms with Crippen LogP contribution in [0.1, 0.15) is 43.9 Å². The molecule has 1 atom stereocenters. The molecule has 1 aliphatic carbocycles. The third-order valence-corrected chi connectivity index (χ3v) is 4.58. The maximum Gasteiger partial charge on any atom is 0.318 e. The van der Waals surface area contributed by atoms with Crippen LogP contribution in [0.5, 0.6) is 5.75 Å².